The van der Waals surface area contributed by atoms with Crippen LogP contribution in [0.5, 0.6) is 11.5 Å². The second-order valence-electron chi connectivity index (χ2n) is 6.29. The molecule has 2 N–H and O–H groups in total. The van der Waals surface area contributed by atoms with Crippen molar-refractivity contribution in [1.29, 1.82) is 0 Å². The van der Waals surface area contributed by atoms with Crippen LogP contribution in [0.1, 0.15) is 17.4 Å². The third kappa shape index (κ3) is 3.26. The highest BCUT2D eigenvalue weighted by molar-refractivity contribution is 5.99. The summed E-state index contributed by atoms with van der Waals surface area (Å²) in [5.74, 6) is 0.0144. The van der Waals surface area contributed by atoms with E-state index in [1.807, 2.05) is 6.92 Å². The SMILES string of the molecule is CCOc1ccc(-c2nc(C(=O)O)c3[nH]c(=O)n(-c4ccccc4OC)c3n2)cc1. The lowest BCUT2D eigenvalue weighted by Gasteiger charge is -2.10. The fourth-order valence-electron chi connectivity index (χ4n) is 3.17. The van der Waals surface area contributed by atoms with E-state index in [1.54, 1.807) is 48.5 Å². The van der Waals surface area contributed by atoms with Crippen molar-refractivity contribution in [3.63, 3.8) is 0 Å². The molecule has 0 saturated carbocycles. The van der Waals surface area contributed by atoms with Gasteiger partial charge in [-0.2, -0.15) is 0 Å². The van der Waals surface area contributed by atoms with Gasteiger partial charge in [0.25, 0.3) is 0 Å². The Balaban J connectivity index is 1.98. The van der Waals surface area contributed by atoms with Crippen molar-refractivity contribution in [2.45, 2.75) is 6.92 Å². The number of carbonyl (C=O) groups is 1. The first-order chi connectivity index (χ1) is 14.5. The highest BCUT2D eigenvalue weighted by atomic mass is 16.5. The van der Waals surface area contributed by atoms with Crippen molar-refractivity contribution in [2.75, 3.05) is 13.7 Å². The second kappa shape index (κ2) is 7.70. The number of carboxylic acids is 1. The molecular weight excluding hydrogens is 388 g/mol. The minimum absolute atomic E-state index is 0.0353. The summed E-state index contributed by atoms with van der Waals surface area (Å²) in [5, 5.41) is 9.67. The minimum Gasteiger partial charge on any atom is -0.495 e. The van der Waals surface area contributed by atoms with E-state index in [1.165, 1.54) is 11.7 Å². The van der Waals surface area contributed by atoms with Gasteiger partial charge in [0.05, 0.1) is 19.4 Å². The number of ether oxygens (including phenoxy) is 2. The Hall–Kier alpha value is -4.14. The first kappa shape index (κ1) is 19.2. The summed E-state index contributed by atoms with van der Waals surface area (Å²) >= 11 is 0. The molecule has 2 aromatic carbocycles. The number of hydrogen-bond donors (Lipinski definition) is 2. The van der Waals surface area contributed by atoms with Crippen molar-refractivity contribution in [3.05, 3.63) is 64.7 Å². The number of imidazole rings is 1. The largest absolute Gasteiger partial charge is 0.495 e. The number of methoxy groups -OCH3 is 1. The number of H-pyrrole nitrogens is 1. The first-order valence-corrected chi connectivity index (χ1v) is 9.16. The maximum atomic E-state index is 12.7. The summed E-state index contributed by atoms with van der Waals surface area (Å²) < 4.78 is 12.1. The van der Waals surface area contributed by atoms with Crippen LogP contribution in [0.2, 0.25) is 0 Å². The first-order valence-electron chi connectivity index (χ1n) is 9.16. The van der Waals surface area contributed by atoms with Crippen LogP contribution in [0.3, 0.4) is 0 Å². The number of aromatic amines is 1. The maximum Gasteiger partial charge on any atom is 0.356 e. The van der Waals surface area contributed by atoms with Gasteiger partial charge in [0.15, 0.2) is 17.2 Å². The highest BCUT2D eigenvalue weighted by Gasteiger charge is 2.22. The van der Waals surface area contributed by atoms with Crippen LogP contribution in [-0.2, 0) is 0 Å². The van der Waals surface area contributed by atoms with Gasteiger partial charge in [0.1, 0.15) is 17.0 Å². The summed E-state index contributed by atoms with van der Waals surface area (Å²) in [6.45, 7) is 2.41. The standard InChI is InChI=1S/C21H18N4O5/c1-3-30-13-10-8-12(9-11-13)18-22-17(20(26)27)16-19(24-18)25(21(28)23-16)14-6-4-5-7-15(14)29-2/h4-11H,3H2,1-2H3,(H,23,28)(H,26,27). The Morgan fingerprint density at radius 2 is 1.87 bits per heavy atom. The van der Waals surface area contributed by atoms with E-state index in [-0.39, 0.29) is 22.7 Å². The van der Waals surface area contributed by atoms with Crippen LogP contribution >= 0.6 is 0 Å². The summed E-state index contributed by atoms with van der Waals surface area (Å²) in [4.78, 5) is 35.8. The average Bonchev–Trinajstić information content (AvgIpc) is 3.09. The molecule has 0 amide bonds. The monoisotopic (exact) mass is 406 g/mol. The molecule has 0 aliphatic carbocycles. The van der Waals surface area contributed by atoms with Gasteiger partial charge in [-0.15, -0.1) is 0 Å². The van der Waals surface area contributed by atoms with Gasteiger partial charge in [-0.1, -0.05) is 12.1 Å². The van der Waals surface area contributed by atoms with Crippen LogP contribution < -0.4 is 15.2 Å². The molecule has 4 aromatic rings. The maximum absolute atomic E-state index is 12.7. The van der Waals surface area contributed by atoms with Crippen LogP contribution in [0.4, 0.5) is 0 Å². The number of para-hydroxylation sites is 2. The van der Waals surface area contributed by atoms with Crippen molar-refractivity contribution < 1.29 is 19.4 Å². The number of carboxylic acid groups (broad SMARTS) is 1. The van der Waals surface area contributed by atoms with Crippen LogP contribution in [0.25, 0.3) is 28.2 Å². The zero-order valence-corrected chi connectivity index (χ0v) is 16.2. The van der Waals surface area contributed by atoms with E-state index in [0.29, 0.717) is 29.4 Å². The number of nitrogens with one attached hydrogen (secondary N) is 1. The van der Waals surface area contributed by atoms with Gasteiger partial charge in [-0.25, -0.2) is 24.1 Å². The lowest BCUT2D eigenvalue weighted by Crippen LogP contribution is -2.15. The fourth-order valence-corrected chi connectivity index (χ4v) is 3.17. The normalized spacial score (nSPS) is 10.9. The molecule has 9 nitrogen and oxygen atoms in total. The molecule has 4 rings (SSSR count). The molecule has 152 valence electrons. The predicted molar refractivity (Wildman–Crippen MR) is 110 cm³/mol. The zero-order chi connectivity index (χ0) is 21.3. The Labute approximate surface area is 170 Å². The van der Waals surface area contributed by atoms with Crippen LogP contribution in [0, 0.1) is 0 Å². The summed E-state index contributed by atoms with van der Waals surface area (Å²) in [6.07, 6.45) is 0. The molecule has 0 radical (unpaired) electrons. The van der Waals surface area contributed by atoms with E-state index in [4.69, 9.17) is 9.47 Å². The zero-order valence-electron chi connectivity index (χ0n) is 16.2. The van der Waals surface area contributed by atoms with Gasteiger partial charge in [0.2, 0.25) is 0 Å². The van der Waals surface area contributed by atoms with Gasteiger partial charge in [-0.3, -0.25) is 0 Å². The van der Waals surface area contributed by atoms with E-state index in [2.05, 4.69) is 15.0 Å². The quantitative estimate of drug-likeness (QED) is 0.505. The molecule has 0 spiro atoms. The summed E-state index contributed by atoms with van der Waals surface area (Å²) in [6, 6.07) is 13.9. The molecule has 9 heteroatoms. The number of hydrogen-bond acceptors (Lipinski definition) is 6. The van der Waals surface area contributed by atoms with Crippen LogP contribution in [0.15, 0.2) is 53.3 Å². The minimum atomic E-state index is -1.27. The Kier molecular flexibility index (Phi) is 4.93. The predicted octanol–water partition coefficient (Wildman–Crippen LogP) is 2.88. The number of aromatic nitrogens is 4. The number of fused-ring (bicyclic) bond motifs is 1. The molecule has 2 aromatic heterocycles. The number of benzene rings is 2. The van der Waals surface area contributed by atoms with Crippen molar-refractivity contribution >= 4 is 17.1 Å². The third-order valence-corrected chi connectivity index (χ3v) is 4.49. The van der Waals surface area contributed by atoms with Gasteiger partial charge in [-0.05, 0) is 43.3 Å². The number of nitrogens with zero attached hydrogens (tertiary/aromatic N) is 3. The highest BCUT2D eigenvalue weighted by Crippen LogP contribution is 2.27. The Morgan fingerprint density at radius 3 is 2.53 bits per heavy atom. The smallest absolute Gasteiger partial charge is 0.356 e. The van der Waals surface area contributed by atoms with Gasteiger partial charge >= 0.3 is 11.7 Å². The summed E-state index contributed by atoms with van der Waals surface area (Å²) in [7, 11) is 1.49. The Morgan fingerprint density at radius 1 is 1.13 bits per heavy atom. The lowest BCUT2D eigenvalue weighted by molar-refractivity contribution is 0.0692. The molecule has 0 unspecified atom stereocenters. The molecule has 2 heterocycles. The second-order valence-corrected chi connectivity index (χ2v) is 6.29. The lowest BCUT2D eigenvalue weighted by atomic mass is 10.2. The Bertz CT molecular complexity index is 1290. The fraction of sp³-hybridized carbons (Fsp3) is 0.143. The number of aromatic carboxylic acids is 1. The molecule has 0 atom stereocenters. The molecule has 0 aliphatic heterocycles. The average molecular weight is 406 g/mol. The molecular formula is C21H18N4O5. The summed E-state index contributed by atoms with van der Waals surface area (Å²) in [5.41, 5.74) is 0.352. The third-order valence-electron chi connectivity index (χ3n) is 4.49. The van der Waals surface area contributed by atoms with Crippen molar-refractivity contribution in [2.24, 2.45) is 0 Å². The van der Waals surface area contributed by atoms with Crippen molar-refractivity contribution in [1.82, 2.24) is 19.5 Å². The van der Waals surface area contributed by atoms with Gasteiger partial charge in [0, 0.05) is 5.56 Å². The molecule has 30 heavy (non-hydrogen) atoms. The van der Waals surface area contributed by atoms with Crippen molar-refractivity contribution in [3.8, 4) is 28.6 Å². The molecule has 0 aliphatic rings. The topological polar surface area (TPSA) is 119 Å². The molecule has 0 bridgehead atoms. The molecule has 0 fully saturated rings. The molecule has 0 saturated heterocycles. The van der Waals surface area contributed by atoms with E-state index in [0.717, 1.165) is 0 Å². The van der Waals surface area contributed by atoms with E-state index in [9.17, 15) is 14.7 Å². The van der Waals surface area contributed by atoms with E-state index >= 15 is 0 Å². The van der Waals surface area contributed by atoms with Crippen LogP contribution in [-0.4, -0.2) is 44.3 Å². The van der Waals surface area contributed by atoms with E-state index < -0.39 is 11.7 Å². The van der Waals surface area contributed by atoms with Gasteiger partial charge < -0.3 is 19.6 Å². The number of rotatable bonds is 6.